The Hall–Kier alpha value is -1.80. The number of rotatable bonds is 5. The SMILES string of the molecule is ON=C(Cc1ccc(F)c(Br)c1)c1nonc1CC1CC2COCC2C1. The molecule has 0 spiro atoms. The zero-order valence-corrected chi connectivity index (χ0v) is 15.7. The summed E-state index contributed by atoms with van der Waals surface area (Å²) in [6.07, 6.45) is 3.29. The van der Waals surface area contributed by atoms with E-state index in [1.54, 1.807) is 12.1 Å². The molecule has 1 aliphatic carbocycles. The van der Waals surface area contributed by atoms with Crippen molar-refractivity contribution in [3.05, 3.63) is 45.4 Å². The van der Waals surface area contributed by atoms with E-state index in [9.17, 15) is 9.60 Å². The average Bonchev–Trinajstić information content (AvgIpc) is 3.32. The monoisotopic (exact) mass is 423 g/mol. The lowest BCUT2D eigenvalue weighted by atomic mass is 9.97. The molecule has 138 valence electrons. The van der Waals surface area contributed by atoms with Crippen molar-refractivity contribution in [3.8, 4) is 0 Å². The van der Waals surface area contributed by atoms with Gasteiger partial charge in [-0.1, -0.05) is 16.4 Å². The molecule has 1 aromatic carbocycles. The summed E-state index contributed by atoms with van der Waals surface area (Å²) < 4.78 is 24.2. The lowest BCUT2D eigenvalue weighted by Crippen LogP contribution is -2.12. The zero-order chi connectivity index (χ0) is 18.1. The molecule has 1 aromatic heterocycles. The summed E-state index contributed by atoms with van der Waals surface area (Å²) in [5.74, 6) is 1.46. The van der Waals surface area contributed by atoms with Crippen LogP contribution in [0.15, 0.2) is 32.5 Å². The topological polar surface area (TPSA) is 80.7 Å². The summed E-state index contributed by atoms with van der Waals surface area (Å²) in [6.45, 7) is 1.71. The van der Waals surface area contributed by atoms with Crippen LogP contribution in [0.25, 0.3) is 0 Å². The van der Waals surface area contributed by atoms with Crippen LogP contribution >= 0.6 is 15.9 Å². The average molecular weight is 424 g/mol. The maximum Gasteiger partial charge on any atom is 0.156 e. The van der Waals surface area contributed by atoms with Crippen molar-refractivity contribution in [3.63, 3.8) is 0 Å². The molecule has 0 radical (unpaired) electrons. The molecule has 6 nitrogen and oxygen atoms in total. The number of fused-ring (bicyclic) bond motifs is 1. The number of oxime groups is 1. The zero-order valence-electron chi connectivity index (χ0n) is 14.1. The first kappa shape index (κ1) is 17.6. The normalized spacial score (nSPS) is 25.6. The molecule has 2 aromatic rings. The van der Waals surface area contributed by atoms with Crippen molar-refractivity contribution in [2.24, 2.45) is 22.9 Å². The van der Waals surface area contributed by atoms with Gasteiger partial charge in [-0.15, -0.1) is 0 Å². The number of benzene rings is 1. The fraction of sp³-hybridized carbons (Fsp3) is 0.500. The number of halogens is 2. The van der Waals surface area contributed by atoms with Crippen molar-refractivity contribution >= 4 is 21.6 Å². The minimum atomic E-state index is -0.337. The van der Waals surface area contributed by atoms with Gasteiger partial charge in [0.2, 0.25) is 0 Å². The van der Waals surface area contributed by atoms with Crippen LogP contribution in [0.1, 0.15) is 29.8 Å². The van der Waals surface area contributed by atoms with Crippen molar-refractivity contribution in [1.29, 1.82) is 0 Å². The van der Waals surface area contributed by atoms with Gasteiger partial charge in [0.05, 0.1) is 4.47 Å². The molecular weight excluding hydrogens is 405 g/mol. The van der Waals surface area contributed by atoms with E-state index < -0.39 is 0 Å². The van der Waals surface area contributed by atoms with Gasteiger partial charge in [0, 0.05) is 19.6 Å². The number of nitrogens with zero attached hydrogens (tertiary/aromatic N) is 3. The molecule has 1 aliphatic heterocycles. The third kappa shape index (κ3) is 3.53. The van der Waals surface area contributed by atoms with Gasteiger partial charge in [0.25, 0.3) is 0 Å². The predicted octanol–water partition coefficient (Wildman–Crippen LogP) is 3.61. The standard InChI is InChI=1S/C18H19BrFN3O3/c19-14-5-10(1-2-15(14)20)6-16(21-24)18-17(22-26-23-18)7-11-3-12-8-25-9-13(12)4-11/h1-2,5,11-13,24H,3-4,6-9H2. The van der Waals surface area contributed by atoms with Crippen LogP contribution in [-0.2, 0) is 17.6 Å². The van der Waals surface area contributed by atoms with Crippen LogP contribution in [0.4, 0.5) is 4.39 Å². The second kappa shape index (κ2) is 7.44. The van der Waals surface area contributed by atoms with Crippen molar-refractivity contribution in [1.82, 2.24) is 10.3 Å². The van der Waals surface area contributed by atoms with Gasteiger partial charge < -0.3 is 9.94 Å². The Balaban J connectivity index is 1.48. The minimum Gasteiger partial charge on any atom is -0.411 e. The largest absolute Gasteiger partial charge is 0.411 e. The maximum absolute atomic E-state index is 13.4. The highest BCUT2D eigenvalue weighted by Gasteiger charge is 2.38. The quantitative estimate of drug-likeness (QED) is 0.451. The van der Waals surface area contributed by atoms with E-state index in [0.29, 0.717) is 45.7 Å². The molecular formula is C18H19BrFN3O3. The Kier molecular flexibility index (Phi) is 5.04. The van der Waals surface area contributed by atoms with Gasteiger partial charge in [-0.2, -0.15) is 0 Å². The summed E-state index contributed by atoms with van der Waals surface area (Å²) in [5.41, 5.74) is 2.35. The minimum absolute atomic E-state index is 0.306. The third-order valence-corrected chi connectivity index (χ3v) is 6.00. The molecule has 8 heteroatoms. The van der Waals surface area contributed by atoms with Crippen molar-refractivity contribution < 1.29 is 19.0 Å². The third-order valence-electron chi connectivity index (χ3n) is 5.39. The number of ether oxygens (including phenoxy) is 1. The molecule has 2 aliphatic rings. The first-order valence-electron chi connectivity index (χ1n) is 8.68. The number of aromatic nitrogens is 2. The summed E-state index contributed by atoms with van der Waals surface area (Å²) in [7, 11) is 0. The fourth-order valence-corrected chi connectivity index (χ4v) is 4.55. The second-order valence-corrected chi connectivity index (χ2v) is 7.98. The molecule has 1 saturated heterocycles. The molecule has 2 heterocycles. The fourth-order valence-electron chi connectivity index (χ4n) is 4.13. The highest BCUT2D eigenvalue weighted by molar-refractivity contribution is 9.10. The lowest BCUT2D eigenvalue weighted by Gasteiger charge is -2.10. The van der Waals surface area contributed by atoms with Gasteiger partial charge in [-0.3, -0.25) is 0 Å². The molecule has 2 unspecified atom stereocenters. The molecule has 4 rings (SSSR count). The summed E-state index contributed by atoms with van der Waals surface area (Å²) in [6, 6.07) is 4.68. The molecule has 2 fully saturated rings. The van der Waals surface area contributed by atoms with Gasteiger partial charge in [0.1, 0.15) is 17.2 Å². The van der Waals surface area contributed by atoms with E-state index in [1.807, 2.05) is 0 Å². The van der Waals surface area contributed by atoms with Crippen LogP contribution in [0, 0.1) is 23.6 Å². The summed E-state index contributed by atoms with van der Waals surface area (Å²) in [5, 5.41) is 20.9. The Labute approximate surface area is 158 Å². The van der Waals surface area contributed by atoms with E-state index >= 15 is 0 Å². The number of hydrogen-bond acceptors (Lipinski definition) is 6. The Morgan fingerprint density at radius 3 is 2.73 bits per heavy atom. The van der Waals surface area contributed by atoms with Crippen molar-refractivity contribution in [2.45, 2.75) is 25.7 Å². The van der Waals surface area contributed by atoms with Crippen molar-refractivity contribution in [2.75, 3.05) is 13.2 Å². The smallest absolute Gasteiger partial charge is 0.156 e. The molecule has 1 N–H and O–H groups in total. The highest BCUT2D eigenvalue weighted by Crippen LogP contribution is 2.41. The van der Waals surface area contributed by atoms with Gasteiger partial charge >= 0.3 is 0 Å². The Bertz CT molecular complexity index is 814. The molecule has 0 bridgehead atoms. The van der Waals surface area contributed by atoms with Crippen LogP contribution in [0.3, 0.4) is 0 Å². The first-order chi connectivity index (χ1) is 12.6. The van der Waals surface area contributed by atoms with Gasteiger partial charge in [-0.25, -0.2) is 9.02 Å². The Morgan fingerprint density at radius 1 is 1.27 bits per heavy atom. The van der Waals surface area contributed by atoms with Crippen LogP contribution in [0.5, 0.6) is 0 Å². The van der Waals surface area contributed by atoms with Crippen LogP contribution < -0.4 is 0 Å². The summed E-state index contributed by atoms with van der Waals surface area (Å²) >= 11 is 3.17. The second-order valence-electron chi connectivity index (χ2n) is 7.13. The van der Waals surface area contributed by atoms with Gasteiger partial charge in [0.15, 0.2) is 5.69 Å². The lowest BCUT2D eigenvalue weighted by molar-refractivity contribution is 0.166. The van der Waals surface area contributed by atoms with E-state index in [-0.39, 0.29) is 5.82 Å². The highest BCUT2D eigenvalue weighted by atomic mass is 79.9. The van der Waals surface area contributed by atoms with E-state index in [1.165, 1.54) is 6.07 Å². The summed E-state index contributed by atoms with van der Waals surface area (Å²) in [4.78, 5) is 0. The van der Waals surface area contributed by atoms with Crippen LogP contribution in [0.2, 0.25) is 0 Å². The number of hydrogen-bond donors (Lipinski definition) is 1. The molecule has 1 saturated carbocycles. The predicted molar refractivity (Wildman–Crippen MR) is 94.7 cm³/mol. The molecule has 26 heavy (non-hydrogen) atoms. The van der Waals surface area contributed by atoms with Gasteiger partial charge in [-0.05, 0) is 75.8 Å². The van der Waals surface area contributed by atoms with Crippen LogP contribution in [-0.4, -0.2) is 34.4 Å². The maximum atomic E-state index is 13.4. The van der Waals surface area contributed by atoms with E-state index in [0.717, 1.165) is 38.0 Å². The van der Waals surface area contributed by atoms with E-state index in [4.69, 9.17) is 9.37 Å². The van der Waals surface area contributed by atoms with E-state index in [2.05, 4.69) is 31.4 Å². The Morgan fingerprint density at radius 2 is 2.04 bits per heavy atom. The molecule has 0 amide bonds. The molecule has 2 atom stereocenters. The first-order valence-corrected chi connectivity index (χ1v) is 9.47.